The first-order valence-electron chi connectivity index (χ1n) is 9.85. The highest BCUT2D eigenvalue weighted by molar-refractivity contribution is 7.74. The average molecular weight is 423 g/mol. The zero-order valence-electron chi connectivity index (χ0n) is 17.9. The topological polar surface area (TPSA) is 57.7 Å². The Morgan fingerprint density at radius 1 is 0.933 bits per heavy atom. The van der Waals surface area contributed by atoms with Crippen LogP contribution in [0.25, 0.3) is 11.1 Å². The lowest BCUT2D eigenvalue weighted by molar-refractivity contribution is 0.286. The van der Waals surface area contributed by atoms with Crippen LogP contribution in [0.2, 0.25) is 0 Å². The maximum atomic E-state index is 14.9. The van der Waals surface area contributed by atoms with E-state index in [-0.39, 0.29) is 0 Å². The molecule has 6 heteroatoms. The summed E-state index contributed by atoms with van der Waals surface area (Å²) in [6.07, 6.45) is 1.71. The van der Waals surface area contributed by atoms with Crippen LogP contribution in [0.4, 0.5) is 0 Å². The van der Waals surface area contributed by atoms with E-state index in [9.17, 15) is 4.57 Å². The van der Waals surface area contributed by atoms with Gasteiger partial charge in [-0.3, -0.25) is 4.98 Å². The minimum atomic E-state index is -3.14. The summed E-state index contributed by atoms with van der Waals surface area (Å²) in [4.78, 5) is 4.48. The minimum Gasteiger partial charge on any atom is -0.496 e. The van der Waals surface area contributed by atoms with E-state index in [0.29, 0.717) is 22.9 Å². The Balaban J connectivity index is 2.04. The number of hydrogen-bond donors (Lipinski definition) is 0. The summed E-state index contributed by atoms with van der Waals surface area (Å²) in [5.74, 6) is 1.29. The number of methoxy groups -OCH3 is 2. The highest BCUT2D eigenvalue weighted by Gasteiger charge is 2.55. The molecule has 2 heterocycles. The Kier molecular flexibility index (Phi) is 5.11. The van der Waals surface area contributed by atoms with Gasteiger partial charge in [0.15, 0.2) is 13.0 Å². The second-order valence-corrected chi connectivity index (χ2v) is 11.8. The number of aromatic nitrogens is 1. The zero-order valence-corrected chi connectivity index (χ0v) is 18.8. The van der Waals surface area contributed by atoms with Crippen LogP contribution in [0.5, 0.6) is 17.2 Å². The third-order valence-electron chi connectivity index (χ3n) is 5.53. The summed E-state index contributed by atoms with van der Waals surface area (Å²) in [7, 11) is 0.111. The van der Waals surface area contributed by atoms with Gasteiger partial charge in [-0.05, 0) is 30.3 Å². The summed E-state index contributed by atoms with van der Waals surface area (Å²) in [5, 5.41) is 0.169. The Hall–Kier alpha value is -2.78. The molecule has 0 N–H and O–H groups in total. The Labute approximate surface area is 177 Å². The Morgan fingerprint density at radius 3 is 2.17 bits per heavy atom. The fraction of sp³-hybridized carbons (Fsp3) is 0.292. The van der Waals surface area contributed by atoms with Crippen molar-refractivity contribution in [3.8, 4) is 28.4 Å². The van der Waals surface area contributed by atoms with Crippen molar-refractivity contribution >= 4 is 12.4 Å². The smallest absolute Gasteiger partial charge is 0.197 e. The van der Waals surface area contributed by atoms with Gasteiger partial charge in [0.2, 0.25) is 0 Å². The molecule has 1 aromatic heterocycles. The van der Waals surface area contributed by atoms with Crippen molar-refractivity contribution in [1.82, 2.24) is 4.98 Å². The number of benzene rings is 2. The van der Waals surface area contributed by atoms with E-state index in [2.05, 4.69) is 4.98 Å². The molecule has 4 rings (SSSR count). The van der Waals surface area contributed by atoms with Crippen LogP contribution in [0.1, 0.15) is 32.3 Å². The quantitative estimate of drug-likeness (QED) is 0.508. The number of hydrogen-bond acceptors (Lipinski definition) is 5. The number of nitrogens with zero attached hydrogens (tertiary/aromatic N) is 1. The second-order valence-electron chi connectivity index (χ2n) is 8.24. The maximum absolute atomic E-state index is 14.9. The van der Waals surface area contributed by atoms with Gasteiger partial charge in [0.25, 0.3) is 0 Å². The Morgan fingerprint density at radius 2 is 1.60 bits per heavy atom. The molecule has 0 aliphatic carbocycles. The molecule has 0 unspecified atom stereocenters. The largest absolute Gasteiger partial charge is 0.496 e. The number of fused-ring (bicyclic) bond motifs is 1. The summed E-state index contributed by atoms with van der Waals surface area (Å²) in [6.45, 7) is 6.00. The van der Waals surface area contributed by atoms with Crippen LogP contribution in [-0.4, -0.2) is 24.4 Å². The van der Waals surface area contributed by atoms with Gasteiger partial charge >= 0.3 is 0 Å². The molecule has 0 bridgehead atoms. The van der Waals surface area contributed by atoms with Crippen LogP contribution in [0.3, 0.4) is 0 Å². The molecule has 156 valence electrons. The normalized spacial score (nSPS) is 20.4. The number of ether oxygens (including phenoxy) is 3. The van der Waals surface area contributed by atoms with Crippen molar-refractivity contribution in [2.45, 2.75) is 31.8 Å². The van der Waals surface area contributed by atoms with E-state index < -0.39 is 18.1 Å². The van der Waals surface area contributed by atoms with Gasteiger partial charge in [0.1, 0.15) is 17.2 Å². The van der Waals surface area contributed by atoms with Crippen LogP contribution in [0.15, 0.2) is 60.8 Å². The third kappa shape index (κ3) is 3.00. The van der Waals surface area contributed by atoms with E-state index in [1.165, 1.54) is 0 Å². The van der Waals surface area contributed by atoms with Gasteiger partial charge in [-0.25, -0.2) is 0 Å². The molecule has 0 amide bonds. The predicted molar refractivity (Wildman–Crippen MR) is 120 cm³/mol. The highest BCUT2D eigenvalue weighted by Crippen LogP contribution is 2.72. The first kappa shape index (κ1) is 20.5. The van der Waals surface area contributed by atoms with Crippen LogP contribution >= 0.6 is 7.14 Å². The van der Waals surface area contributed by atoms with Crippen molar-refractivity contribution in [3.05, 3.63) is 66.5 Å². The highest BCUT2D eigenvalue weighted by atomic mass is 31.2. The van der Waals surface area contributed by atoms with Gasteiger partial charge in [0.05, 0.1) is 30.8 Å². The summed E-state index contributed by atoms with van der Waals surface area (Å²) >= 11 is 0. The molecular formula is C24H26NO4P. The molecular weight excluding hydrogens is 397 g/mol. The lowest BCUT2D eigenvalue weighted by Crippen LogP contribution is -2.25. The van der Waals surface area contributed by atoms with Crippen molar-refractivity contribution in [2.75, 3.05) is 14.2 Å². The zero-order chi connectivity index (χ0) is 21.5. The molecule has 1 aliphatic rings. The number of pyridine rings is 1. The molecule has 0 saturated carbocycles. The molecule has 30 heavy (non-hydrogen) atoms. The molecule has 1 aliphatic heterocycles. The molecule has 3 aromatic rings. The molecule has 2 atom stereocenters. The van der Waals surface area contributed by atoms with E-state index >= 15 is 0 Å². The van der Waals surface area contributed by atoms with Crippen molar-refractivity contribution < 1.29 is 18.8 Å². The molecule has 2 aromatic carbocycles. The van der Waals surface area contributed by atoms with Crippen molar-refractivity contribution in [2.24, 2.45) is 0 Å². The monoisotopic (exact) mass is 423 g/mol. The fourth-order valence-electron chi connectivity index (χ4n) is 4.05. The Bertz CT molecular complexity index is 1100. The standard InChI is InChI=1S/C24H26NO4P/c1-24(2,3)30(26)22-16(21-18(27-4)12-9-13-19(21)28-5)10-8-14-20(22)29-23(30)17-11-6-7-15-25-17/h6-15,23H,1-5H3/t23-,30+/m1/s1. The molecule has 0 spiro atoms. The lowest BCUT2D eigenvalue weighted by Gasteiger charge is -2.32. The molecule has 0 radical (unpaired) electrons. The maximum Gasteiger partial charge on any atom is 0.197 e. The van der Waals surface area contributed by atoms with Crippen LogP contribution in [0, 0.1) is 0 Å². The third-order valence-corrected chi connectivity index (χ3v) is 9.68. The van der Waals surface area contributed by atoms with E-state index in [4.69, 9.17) is 14.2 Å². The summed E-state index contributed by atoms with van der Waals surface area (Å²) in [5.41, 5.74) is 2.25. The van der Waals surface area contributed by atoms with E-state index in [1.807, 2.05) is 75.4 Å². The summed E-state index contributed by atoms with van der Waals surface area (Å²) in [6, 6.07) is 17.0. The summed E-state index contributed by atoms with van der Waals surface area (Å²) < 4.78 is 32.6. The minimum absolute atomic E-state index is 0.550. The average Bonchev–Trinajstić information content (AvgIpc) is 3.08. The van der Waals surface area contributed by atoms with E-state index in [0.717, 1.165) is 16.4 Å². The number of rotatable bonds is 4. The van der Waals surface area contributed by atoms with E-state index in [1.54, 1.807) is 20.4 Å². The first-order chi connectivity index (χ1) is 14.3. The molecule has 0 saturated heterocycles. The van der Waals surface area contributed by atoms with Gasteiger partial charge < -0.3 is 18.8 Å². The molecule has 0 fully saturated rings. The van der Waals surface area contributed by atoms with Crippen LogP contribution < -0.4 is 19.5 Å². The molecule has 5 nitrogen and oxygen atoms in total. The van der Waals surface area contributed by atoms with Crippen molar-refractivity contribution in [1.29, 1.82) is 0 Å². The second kappa shape index (κ2) is 7.48. The first-order valence-corrected chi connectivity index (χ1v) is 11.6. The van der Waals surface area contributed by atoms with Gasteiger partial charge in [-0.2, -0.15) is 0 Å². The van der Waals surface area contributed by atoms with Crippen molar-refractivity contribution in [3.63, 3.8) is 0 Å². The van der Waals surface area contributed by atoms with Gasteiger partial charge in [-0.1, -0.05) is 45.0 Å². The van der Waals surface area contributed by atoms with Gasteiger partial charge in [0, 0.05) is 16.9 Å². The van der Waals surface area contributed by atoms with Crippen LogP contribution in [-0.2, 0) is 4.57 Å². The van der Waals surface area contributed by atoms with Gasteiger partial charge in [-0.15, -0.1) is 0 Å². The SMILES string of the molecule is COc1cccc(OC)c1-c1cccc2c1[P@@](=O)(C(C)(C)C)[C@H](c1ccccn1)O2. The fourth-order valence-corrected chi connectivity index (χ4v) is 7.44. The predicted octanol–water partition coefficient (Wildman–Crippen LogP) is 5.64. The lowest BCUT2D eigenvalue weighted by atomic mass is 10.0.